The number of rotatable bonds is 7. The minimum Gasteiger partial charge on any atom is -0.355 e. The Morgan fingerprint density at radius 3 is 2.59 bits per heavy atom. The average Bonchev–Trinajstić information content (AvgIpc) is 3.13. The molecule has 1 aliphatic heterocycles. The van der Waals surface area contributed by atoms with Gasteiger partial charge in [0.2, 0.25) is 11.8 Å². The summed E-state index contributed by atoms with van der Waals surface area (Å²) in [5, 5.41) is 3.55. The van der Waals surface area contributed by atoms with Gasteiger partial charge in [-0.2, -0.15) is 0 Å². The fourth-order valence-corrected chi connectivity index (χ4v) is 4.38. The fourth-order valence-electron chi connectivity index (χ4n) is 4.18. The lowest BCUT2D eigenvalue weighted by Gasteiger charge is -2.30. The fraction of sp³-hybridized carbons (Fsp3) is 0.400. The van der Waals surface area contributed by atoms with Crippen molar-refractivity contribution in [3.05, 3.63) is 64.9 Å². The summed E-state index contributed by atoms with van der Waals surface area (Å²) in [6, 6.07) is 15.2. The maximum Gasteiger partial charge on any atom is 0.242 e. The van der Waals surface area contributed by atoms with Crippen molar-refractivity contribution in [2.75, 3.05) is 19.6 Å². The number of carbonyl (C=O) groups is 2. The second-order valence-electron chi connectivity index (χ2n) is 8.53. The van der Waals surface area contributed by atoms with Gasteiger partial charge in [0.25, 0.3) is 0 Å². The van der Waals surface area contributed by atoms with E-state index in [-0.39, 0.29) is 24.8 Å². The van der Waals surface area contributed by atoms with Gasteiger partial charge in [0.1, 0.15) is 12.4 Å². The van der Waals surface area contributed by atoms with Gasteiger partial charge in [0.15, 0.2) is 0 Å². The van der Waals surface area contributed by atoms with Crippen LogP contribution in [0.15, 0.2) is 48.5 Å². The molecule has 2 amide bonds. The van der Waals surface area contributed by atoms with Gasteiger partial charge in [-0.05, 0) is 42.5 Å². The number of likely N-dealkylation sites (tertiary alicyclic amines) is 1. The Bertz CT molecular complexity index is 1100. The first-order chi connectivity index (χ1) is 15.5. The summed E-state index contributed by atoms with van der Waals surface area (Å²) >= 11 is 6.16. The molecule has 1 saturated heterocycles. The molecule has 2 heterocycles. The van der Waals surface area contributed by atoms with E-state index in [1.807, 2.05) is 51.9 Å². The molecule has 1 N–H and O–H groups in total. The van der Waals surface area contributed by atoms with Crippen LogP contribution in [-0.4, -0.2) is 45.9 Å². The third kappa shape index (κ3) is 5.30. The van der Waals surface area contributed by atoms with Gasteiger partial charge in [-0.15, -0.1) is 0 Å². The van der Waals surface area contributed by atoms with E-state index in [1.54, 1.807) is 6.07 Å². The molecule has 168 valence electrons. The number of carbonyl (C=O) groups excluding carboxylic acids is 2. The summed E-state index contributed by atoms with van der Waals surface area (Å²) in [4.78, 5) is 32.0. The van der Waals surface area contributed by atoms with Crippen molar-refractivity contribution >= 4 is 34.4 Å². The molecule has 7 heteroatoms. The van der Waals surface area contributed by atoms with E-state index in [0.29, 0.717) is 23.9 Å². The maximum atomic E-state index is 13.0. The Balaban J connectivity index is 1.41. The topological polar surface area (TPSA) is 67.2 Å². The molecule has 0 spiro atoms. The highest BCUT2D eigenvalue weighted by molar-refractivity contribution is 6.31. The van der Waals surface area contributed by atoms with Gasteiger partial charge < -0.3 is 14.8 Å². The van der Waals surface area contributed by atoms with Crippen LogP contribution in [0.3, 0.4) is 0 Å². The zero-order valence-electron chi connectivity index (χ0n) is 18.4. The zero-order chi connectivity index (χ0) is 22.5. The van der Waals surface area contributed by atoms with Gasteiger partial charge in [-0.25, -0.2) is 4.98 Å². The molecule has 0 radical (unpaired) electrons. The minimum absolute atomic E-state index is 0.0840. The number of hydrogen-bond donors (Lipinski definition) is 1. The molecule has 0 bridgehead atoms. The van der Waals surface area contributed by atoms with Crippen molar-refractivity contribution in [1.29, 1.82) is 0 Å². The SMILES string of the molecule is CC1CCN(C(=O)Cn2c(CCNC(=O)Cc3ccccc3Cl)nc3ccccc32)CC1. The largest absolute Gasteiger partial charge is 0.355 e. The number of nitrogens with zero attached hydrogens (tertiary/aromatic N) is 3. The molecule has 1 fully saturated rings. The van der Waals surface area contributed by atoms with Crippen LogP contribution in [0.2, 0.25) is 5.02 Å². The predicted molar refractivity (Wildman–Crippen MR) is 127 cm³/mol. The first-order valence-electron chi connectivity index (χ1n) is 11.2. The van der Waals surface area contributed by atoms with Crippen molar-refractivity contribution < 1.29 is 9.59 Å². The van der Waals surface area contributed by atoms with Crippen molar-refractivity contribution in [3.8, 4) is 0 Å². The van der Waals surface area contributed by atoms with Crippen LogP contribution in [-0.2, 0) is 29.0 Å². The number of para-hydroxylation sites is 2. The third-order valence-electron chi connectivity index (χ3n) is 6.14. The van der Waals surface area contributed by atoms with Crippen molar-refractivity contribution in [2.24, 2.45) is 5.92 Å². The van der Waals surface area contributed by atoms with Crippen molar-refractivity contribution in [3.63, 3.8) is 0 Å². The highest BCUT2D eigenvalue weighted by Crippen LogP contribution is 2.20. The minimum atomic E-state index is -0.0840. The molecular weight excluding hydrogens is 424 g/mol. The molecule has 0 unspecified atom stereocenters. The summed E-state index contributed by atoms with van der Waals surface area (Å²) in [5.74, 6) is 1.53. The normalized spacial score (nSPS) is 14.6. The number of piperidine rings is 1. The predicted octanol–water partition coefficient (Wildman–Crippen LogP) is 3.85. The lowest BCUT2D eigenvalue weighted by Crippen LogP contribution is -2.40. The van der Waals surface area contributed by atoms with E-state index in [4.69, 9.17) is 16.6 Å². The van der Waals surface area contributed by atoms with Crippen LogP contribution in [0.4, 0.5) is 0 Å². The summed E-state index contributed by atoms with van der Waals surface area (Å²) < 4.78 is 2.00. The van der Waals surface area contributed by atoms with Crippen molar-refractivity contribution in [2.45, 2.75) is 39.2 Å². The van der Waals surface area contributed by atoms with Crippen LogP contribution in [0.25, 0.3) is 11.0 Å². The standard InChI is InChI=1S/C25H29ClN4O2/c1-18-11-14-29(15-12-18)25(32)17-30-22-9-5-4-8-21(22)28-23(30)10-13-27-24(31)16-19-6-2-3-7-20(19)26/h2-9,18H,10-17H2,1H3,(H,27,31). The molecule has 6 nitrogen and oxygen atoms in total. The number of amides is 2. The smallest absolute Gasteiger partial charge is 0.242 e. The summed E-state index contributed by atoms with van der Waals surface area (Å²) in [6.45, 7) is 4.60. The van der Waals surface area contributed by atoms with E-state index in [1.165, 1.54) is 0 Å². The number of fused-ring (bicyclic) bond motifs is 1. The van der Waals surface area contributed by atoms with Crippen LogP contribution >= 0.6 is 11.6 Å². The summed E-state index contributed by atoms with van der Waals surface area (Å²) in [7, 11) is 0. The second kappa shape index (κ2) is 10.2. The lowest BCUT2D eigenvalue weighted by molar-refractivity contribution is -0.133. The zero-order valence-corrected chi connectivity index (χ0v) is 19.1. The highest BCUT2D eigenvalue weighted by atomic mass is 35.5. The van der Waals surface area contributed by atoms with E-state index < -0.39 is 0 Å². The highest BCUT2D eigenvalue weighted by Gasteiger charge is 2.22. The monoisotopic (exact) mass is 452 g/mol. The molecule has 0 aliphatic carbocycles. The number of halogens is 1. The molecule has 32 heavy (non-hydrogen) atoms. The van der Waals surface area contributed by atoms with Crippen LogP contribution in [0.5, 0.6) is 0 Å². The first-order valence-corrected chi connectivity index (χ1v) is 11.6. The molecule has 2 aromatic carbocycles. The van der Waals surface area contributed by atoms with E-state index in [2.05, 4.69) is 12.2 Å². The molecule has 1 aromatic heterocycles. The van der Waals surface area contributed by atoms with E-state index in [9.17, 15) is 9.59 Å². The van der Waals surface area contributed by atoms with Crippen LogP contribution < -0.4 is 5.32 Å². The van der Waals surface area contributed by atoms with Gasteiger partial charge in [0.05, 0.1) is 17.5 Å². The molecule has 1 aliphatic rings. The number of hydrogen-bond acceptors (Lipinski definition) is 3. The number of aromatic nitrogens is 2. The van der Waals surface area contributed by atoms with E-state index in [0.717, 1.165) is 48.4 Å². The molecule has 3 aromatic rings. The van der Waals surface area contributed by atoms with Crippen LogP contribution in [0.1, 0.15) is 31.2 Å². The Hall–Kier alpha value is -2.86. The Morgan fingerprint density at radius 2 is 1.81 bits per heavy atom. The quantitative estimate of drug-likeness (QED) is 0.592. The Labute approximate surface area is 193 Å². The van der Waals surface area contributed by atoms with Gasteiger partial charge in [0, 0.05) is 31.1 Å². The molecule has 0 saturated carbocycles. The first kappa shape index (κ1) is 22.3. The van der Waals surface area contributed by atoms with Gasteiger partial charge >= 0.3 is 0 Å². The van der Waals surface area contributed by atoms with E-state index >= 15 is 0 Å². The maximum absolute atomic E-state index is 13.0. The molecular formula is C25H29ClN4O2. The molecule has 4 rings (SSSR count). The second-order valence-corrected chi connectivity index (χ2v) is 8.94. The van der Waals surface area contributed by atoms with Crippen LogP contribution in [0, 0.1) is 5.92 Å². The lowest BCUT2D eigenvalue weighted by atomic mass is 9.99. The number of benzene rings is 2. The average molecular weight is 453 g/mol. The number of nitrogens with one attached hydrogen (secondary N) is 1. The van der Waals surface area contributed by atoms with Gasteiger partial charge in [-0.1, -0.05) is 48.9 Å². The Morgan fingerprint density at radius 1 is 1.09 bits per heavy atom. The third-order valence-corrected chi connectivity index (χ3v) is 6.51. The number of imidazole rings is 1. The van der Waals surface area contributed by atoms with Gasteiger partial charge in [-0.3, -0.25) is 9.59 Å². The van der Waals surface area contributed by atoms with Crippen molar-refractivity contribution in [1.82, 2.24) is 19.8 Å². The Kier molecular flexibility index (Phi) is 7.10. The summed E-state index contributed by atoms with van der Waals surface area (Å²) in [6.07, 6.45) is 2.90. The summed E-state index contributed by atoms with van der Waals surface area (Å²) in [5.41, 5.74) is 2.62. The molecule has 0 atom stereocenters.